The fourth-order valence-corrected chi connectivity index (χ4v) is 11.0. The fourth-order valence-electron chi connectivity index (χ4n) is 11.0. The van der Waals surface area contributed by atoms with Crippen molar-refractivity contribution in [3.05, 3.63) is 290 Å². The Hall–Kier alpha value is -8.92. The molecule has 13 rings (SSSR count). The van der Waals surface area contributed by atoms with Crippen molar-refractivity contribution in [2.45, 2.75) is 5.54 Å². The van der Waals surface area contributed by atoms with E-state index in [4.69, 9.17) is 0 Å². The van der Waals surface area contributed by atoms with Crippen molar-refractivity contribution in [2.75, 3.05) is 9.80 Å². The topological polar surface area (TPSA) is 11.4 Å². The lowest BCUT2D eigenvalue weighted by Crippen LogP contribution is -2.44. The zero-order chi connectivity index (χ0) is 45.0. The molecule has 320 valence electrons. The Morgan fingerprint density at radius 2 is 0.868 bits per heavy atom. The van der Waals surface area contributed by atoms with Crippen LogP contribution in [0.2, 0.25) is 0 Å². The van der Waals surface area contributed by atoms with Gasteiger partial charge in [0.1, 0.15) is 5.54 Å². The van der Waals surface area contributed by atoms with E-state index in [2.05, 4.69) is 287 Å². The lowest BCUT2D eigenvalue weighted by Gasteiger charge is -2.45. The largest absolute Gasteiger partial charge is 0.323 e. The van der Waals surface area contributed by atoms with E-state index in [9.17, 15) is 0 Å². The van der Waals surface area contributed by atoms with Gasteiger partial charge in [0.25, 0.3) is 0 Å². The van der Waals surface area contributed by atoms with Crippen molar-refractivity contribution < 1.29 is 0 Å². The molecule has 0 saturated heterocycles. The third-order valence-corrected chi connectivity index (χ3v) is 13.9. The van der Waals surface area contributed by atoms with E-state index in [1.54, 1.807) is 0 Å². The molecule has 0 aliphatic heterocycles. The van der Waals surface area contributed by atoms with Gasteiger partial charge in [-0.05, 0) is 129 Å². The lowest BCUT2D eigenvalue weighted by atomic mass is 9.78. The quantitative estimate of drug-likeness (QED) is 0.143. The number of aromatic nitrogens is 1. The second kappa shape index (κ2) is 16.2. The monoisotopic (exact) mass is 867 g/mol. The highest BCUT2D eigenvalue weighted by molar-refractivity contribution is 6.11. The first-order valence-corrected chi connectivity index (χ1v) is 23.4. The van der Waals surface area contributed by atoms with Crippen LogP contribution in [0.4, 0.5) is 28.4 Å². The second-order valence-electron chi connectivity index (χ2n) is 17.7. The predicted molar refractivity (Wildman–Crippen MR) is 285 cm³/mol. The van der Waals surface area contributed by atoms with E-state index in [0.29, 0.717) is 0 Å². The van der Waals surface area contributed by atoms with Gasteiger partial charge >= 0.3 is 0 Å². The Bertz CT molecular complexity index is 3760. The first-order chi connectivity index (χ1) is 33.7. The first kappa shape index (κ1) is 39.4. The highest BCUT2D eigenvalue weighted by Crippen LogP contribution is 2.59. The standard InChI is InChI=1S/C65H45N3/c1-5-20-46(21-6-1)49-24-19-31-53(42-49)66(56-39-41-60-59-33-16-18-35-63(59)67(64(60)45-56)54-37-36-47-22-13-14-23-48(47)43-54)55-38-40-58-57-32-15-17-34-61(57)65(62(58)44-55,50-25-7-2-8-26-50)68(51-27-9-3-10-28-51)52-29-11-4-12-30-52/h1-45H. The summed E-state index contributed by atoms with van der Waals surface area (Å²) in [5.74, 6) is 0. The summed E-state index contributed by atoms with van der Waals surface area (Å²) in [5, 5.41) is 4.88. The molecule has 68 heavy (non-hydrogen) atoms. The summed E-state index contributed by atoms with van der Waals surface area (Å²) in [6.07, 6.45) is 0. The molecule has 1 aliphatic rings. The Balaban J connectivity index is 1.10. The van der Waals surface area contributed by atoms with Crippen LogP contribution in [0.3, 0.4) is 0 Å². The maximum Gasteiger partial charge on any atom is 0.122 e. The third-order valence-electron chi connectivity index (χ3n) is 13.9. The maximum atomic E-state index is 2.56. The molecule has 0 radical (unpaired) electrons. The van der Waals surface area contributed by atoms with Gasteiger partial charge in [-0.25, -0.2) is 0 Å². The SMILES string of the molecule is c1ccc(-c2cccc(N(c3ccc4c(c3)C(c3ccccc3)(N(c3ccccc3)c3ccccc3)c3ccccc3-4)c3ccc4c5ccccc5n(-c5ccc6ccccc6c5)c4c3)c2)cc1. The average Bonchev–Trinajstić information content (AvgIpc) is 3.90. The molecule has 1 aliphatic carbocycles. The van der Waals surface area contributed by atoms with Crippen molar-refractivity contribution in [3.8, 4) is 27.9 Å². The van der Waals surface area contributed by atoms with Gasteiger partial charge in [0, 0.05) is 44.9 Å². The summed E-state index contributed by atoms with van der Waals surface area (Å²) in [7, 11) is 0. The third kappa shape index (κ3) is 6.28. The average molecular weight is 868 g/mol. The molecular weight excluding hydrogens is 823 g/mol. The molecule has 0 fully saturated rings. The maximum absolute atomic E-state index is 2.56. The van der Waals surface area contributed by atoms with Crippen LogP contribution >= 0.6 is 0 Å². The van der Waals surface area contributed by atoms with Crippen LogP contribution in [-0.4, -0.2) is 4.57 Å². The molecule has 12 aromatic rings. The van der Waals surface area contributed by atoms with Crippen molar-refractivity contribution in [2.24, 2.45) is 0 Å². The number of rotatable bonds is 9. The molecule has 1 heterocycles. The van der Waals surface area contributed by atoms with Gasteiger partial charge in [-0.15, -0.1) is 0 Å². The number of nitrogens with zero attached hydrogens (tertiary/aromatic N) is 3. The van der Waals surface area contributed by atoms with Crippen LogP contribution in [-0.2, 0) is 5.54 Å². The number of benzene rings is 11. The van der Waals surface area contributed by atoms with Gasteiger partial charge in [-0.2, -0.15) is 0 Å². The molecule has 0 N–H and O–H groups in total. The molecule has 0 saturated carbocycles. The van der Waals surface area contributed by atoms with Crippen molar-refractivity contribution in [1.82, 2.24) is 4.57 Å². The minimum absolute atomic E-state index is 0.754. The van der Waals surface area contributed by atoms with Crippen molar-refractivity contribution >= 4 is 61.0 Å². The van der Waals surface area contributed by atoms with Crippen LogP contribution < -0.4 is 9.80 Å². The minimum Gasteiger partial charge on any atom is -0.323 e. The molecule has 3 nitrogen and oxygen atoms in total. The Morgan fingerprint density at radius 1 is 0.309 bits per heavy atom. The lowest BCUT2D eigenvalue weighted by molar-refractivity contribution is 0.644. The molecule has 0 amide bonds. The van der Waals surface area contributed by atoms with E-state index in [1.165, 1.54) is 60.4 Å². The van der Waals surface area contributed by atoms with Crippen LogP contribution in [0.1, 0.15) is 16.7 Å². The molecule has 1 atom stereocenters. The number of para-hydroxylation sites is 3. The van der Waals surface area contributed by atoms with Crippen LogP contribution in [0, 0.1) is 0 Å². The number of anilines is 5. The molecular formula is C65H45N3. The Kier molecular flexibility index (Phi) is 9.40. The Labute approximate surface area is 396 Å². The highest BCUT2D eigenvalue weighted by Gasteiger charge is 2.50. The van der Waals surface area contributed by atoms with Gasteiger partial charge in [0.05, 0.1) is 11.0 Å². The number of hydrogen-bond acceptors (Lipinski definition) is 2. The van der Waals surface area contributed by atoms with Gasteiger partial charge in [0.2, 0.25) is 0 Å². The van der Waals surface area contributed by atoms with Crippen LogP contribution in [0.5, 0.6) is 0 Å². The van der Waals surface area contributed by atoms with E-state index >= 15 is 0 Å². The minimum atomic E-state index is -0.754. The van der Waals surface area contributed by atoms with Crippen LogP contribution in [0.25, 0.3) is 60.5 Å². The molecule has 0 bridgehead atoms. The summed E-state index contributed by atoms with van der Waals surface area (Å²) >= 11 is 0. The summed E-state index contributed by atoms with van der Waals surface area (Å²) in [6, 6.07) is 100. The zero-order valence-electron chi connectivity index (χ0n) is 37.3. The molecule has 0 spiro atoms. The Morgan fingerprint density at radius 3 is 1.65 bits per heavy atom. The number of hydrogen-bond donors (Lipinski definition) is 0. The van der Waals surface area contributed by atoms with Crippen LogP contribution in [0.15, 0.2) is 273 Å². The summed E-state index contributed by atoms with van der Waals surface area (Å²) in [6.45, 7) is 0. The van der Waals surface area contributed by atoms with Gasteiger partial charge < -0.3 is 14.4 Å². The normalized spacial score (nSPS) is 13.9. The van der Waals surface area contributed by atoms with Crippen molar-refractivity contribution in [3.63, 3.8) is 0 Å². The van der Waals surface area contributed by atoms with Gasteiger partial charge in [-0.3, -0.25) is 0 Å². The molecule has 3 heteroatoms. The van der Waals surface area contributed by atoms with E-state index in [-0.39, 0.29) is 0 Å². The van der Waals surface area contributed by atoms with E-state index in [0.717, 1.165) is 45.2 Å². The number of fused-ring (bicyclic) bond motifs is 7. The molecule has 1 unspecified atom stereocenters. The predicted octanol–water partition coefficient (Wildman–Crippen LogP) is 17.2. The summed E-state index contributed by atoms with van der Waals surface area (Å²) in [4.78, 5) is 5.02. The molecule has 11 aromatic carbocycles. The van der Waals surface area contributed by atoms with Gasteiger partial charge in [0.15, 0.2) is 0 Å². The summed E-state index contributed by atoms with van der Waals surface area (Å²) < 4.78 is 2.44. The zero-order valence-corrected chi connectivity index (χ0v) is 37.3. The van der Waals surface area contributed by atoms with Crippen molar-refractivity contribution in [1.29, 1.82) is 0 Å². The van der Waals surface area contributed by atoms with E-state index in [1.807, 2.05) is 0 Å². The van der Waals surface area contributed by atoms with Gasteiger partial charge in [-0.1, -0.05) is 194 Å². The molecule has 1 aromatic heterocycles. The second-order valence-corrected chi connectivity index (χ2v) is 17.7. The summed E-state index contributed by atoms with van der Waals surface area (Å²) in [5.41, 5.74) is 16.5. The fraction of sp³-hybridized carbons (Fsp3) is 0.0154. The smallest absolute Gasteiger partial charge is 0.122 e. The highest BCUT2D eigenvalue weighted by atomic mass is 15.2. The first-order valence-electron chi connectivity index (χ1n) is 23.4. The van der Waals surface area contributed by atoms with E-state index < -0.39 is 5.54 Å².